The smallest absolute Gasteiger partial charge is 0.146 e. The highest BCUT2D eigenvalue weighted by Crippen LogP contribution is 2.25. The van der Waals surface area contributed by atoms with Gasteiger partial charge in [-0.3, -0.25) is 9.69 Å². The number of anilines is 1. The fourth-order valence-corrected chi connectivity index (χ4v) is 2.54. The summed E-state index contributed by atoms with van der Waals surface area (Å²) in [4.78, 5) is 13.7. The molecule has 1 saturated heterocycles. The van der Waals surface area contributed by atoms with Gasteiger partial charge >= 0.3 is 0 Å². The molecule has 4 nitrogen and oxygen atoms in total. The van der Waals surface area contributed by atoms with Crippen molar-refractivity contribution in [2.75, 3.05) is 19.4 Å². The summed E-state index contributed by atoms with van der Waals surface area (Å²) < 4.78 is 5.13. The molecule has 1 heterocycles. The minimum absolute atomic E-state index is 0.0616. The van der Waals surface area contributed by atoms with Crippen LogP contribution in [0.5, 0.6) is 5.75 Å². The van der Waals surface area contributed by atoms with Crippen molar-refractivity contribution in [3.8, 4) is 5.75 Å². The summed E-state index contributed by atoms with van der Waals surface area (Å²) in [5.74, 6) is 1.01. The standard InChI is InChI=1S/C14H20N2O2.3C2H6/c1-10(17)14-4-3-7-16(14)9-11-5-6-12(18-2)8-13(11)15;3*1-2/h5-6,8,14H,3-4,7,9,15H2,1-2H3;3*1-2H3. The Kier molecular flexibility index (Phi) is 15.4. The second-order valence-electron chi connectivity index (χ2n) is 4.80. The number of ketones is 1. The van der Waals surface area contributed by atoms with Crippen LogP contribution in [0.2, 0.25) is 0 Å². The molecule has 24 heavy (non-hydrogen) atoms. The molecule has 0 spiro atoms. The average molecular weight is 339 g/mol. The van der Waals surface area contributed by atoms with Crippen LogP contribution in [0.1, 0.15) is 66.9 Å². The molecule has 1 fully saturated rings. The normalized spacial score (nSPS) is 15.8. The fraction of sp³-hybridized carbons (Fsp3) is 0.650. The summed E-state index contributed by atoms with van der Waals surface area (Å²) in [5.41, 5.74) is 7.79. The maximum Gasteiger partial charge on any atom is 0.146 e. The molecule has 2 N–H and O–H groups in total. The van der Waals surface area contributed by atoms with E-state index in [9.17, 15) is 4.79 Å². The van der Waals surface area contributed by atoms with Gasteiger partial charge in [-0.05, 0) is 37.9 Å². The van der Waals surface area contributed by atoms with Crippen LogP contribution in [-0.2, 0) is 11.3 Å². The number of nitrogen functional groups attached to an aromatic ring is 1. The summed E-state index contributed by atoms with van der Waals surface area (Å²) in [7, 11) is 1.63. The fourth-order valence-electron chi connectivity index (χ4n) is 2.54. The number of carbonyl (C=O) groups is 1. The Morgan fingerprint density at radius 2 is 1.79 bits per heavy atom. The number of ether oxygens (including phenoxy) is 1. The SMILES string of the molecule is CC.CC.CC.COc1ccc(CN2CCCC2C(C)=O)c(N)c1. The highest BCUT2D eigenvalue weighted by Gasteiger charge is 2.28. The van der Waals surface area contributed by atoms with Gasteiger partial charge in [0.05, 0.1) is 13.2 Å². The van der Waals surface area contributed by atoms with E-state index in [-0.39, 0.29) is 11.8 Å². The predicted molar refractivity (Wildman–Crippen MR) is 106 cm³/mol. The molecule has 0 bridgehead atoms. The van der Waals surface area contributed by atoms with Crippen molar-refractivity contribution >= 4 is 11.5 Å². The number of Topliss-reactive ketones (excluding diaryl/α,β-unsaturated/α-hetero) is 1. The quantitative estimate of drug-likeness (QED) is 0.793. The van der Waals surface area contributed by atoms with E-state index in [2.05, 4.69) is 4.90 Å². The van der Waals surface area contributed by atoms with Crippen molar-refractivity contribution in [3.05, 3.63) is 23.8 Å². The zero-order valence-electron chi connectivity index (χ0n) is 17.0. The summed E-state index contributed by atoms with van der Waals surface area (Å²) >= 11 is 0. The summed E-state index contributed by atoms with van der Waals surface area (Å²) in [6.07, 6.45) is 2.05. The average Bonchev–Trinajstić information content (AvgIpc) is 3.10. The van der Waals surface area contributed by atoms with Crippen LogP contribution in [0, 0.1) is 0 Å². The highest BCUT2D eigenvalue weighted by atomic mass is 16.5. The minimum Gasteiger partial charge on any atom is -0.497 e. The third-order valence-electron chi connectivity index (χ3n) is 3.56. The van der Waals surface area contributed by atoms with Crippen LogP contribution in [0.3, 0.4) is 0 Å². The molecule has 0 radical (unpaired) electrons. The van der Waals surface area contributed by atoms with E-state index in [1.165, 1.54) is 0 Å². The molecule has 1 aliphatic rings. The van der Waals surface area contributed by atoms with Gasteiger partial charge in [-0.15, -0.1) is 0 Å². The molecule has 4 heteroatoms. The second-order valence-corrected chi connectivity index (χ2v) is 4.80. The van der Waals surface area contributed by atoms with Crippen molar-refractivity contribution in [1.29, 1.82) is 0 Å². The van der Waals surface area contributed by atoms with Crippen molar-refractivity contribution in [2.24, 2.45) is 0 Å². The monoisotopic (exact) mass is 338 g/mol. The van der Waals surface area contributed by atoms with Gasteiger partial charge in [0, 0.05) is 18.3 Å². The zero-order chi connectivity index (χ0) is 19.1. The molecule has 2 rings (SSSR count). The number of methoxy groups -OCH3 is 1. The number of hydrogen-bond donors (Lipinski definition) is 1. The van der Waals surface area contributed by atoms with E-state index < -0.39 is 0 Å². The van der Waals surface area contributed by atoms with Crippen LogP contribution in [0.25, 0.3) is 0 Å². The lowest BCUT2D eigenvalue weighted by molar-refractivity contribution is -0.121. The van der Waals surface area contributed by atoms with E-state index in [4.69, 9.17) is 10.5 Å². The highest BCUT2D eigenvalue weighted by molar-refractivity contribution is 5.81. The minimum atomic E-state index is 0.0616. The molecule has 140 valence electrons. The number of nitrogens with two attached hydrogens (primary N) is 1. The van der Waals surface area contributed by atoms with Crippen LogP contribution in [0.15, 0.2) is 18.2 Å². The number of hydrogen-bond acceptors (Lipinski definition) is 4. The Balaban J connectivity index is 0. The maximum absolute atomic E-state index is 11.5. The Morgan fingerprint density at radius 1 is 1.21 bits per heavy atom. The third kappa shape index (κ3) is 7.82. The summed E-state index contributed by atoms with van der Waals surface area (Å²) in [6, 6.07) is 5.77. The molecule has 0 amide bonds. The molecule has 0 aliphatic carbocycles. The van der Waals surface area contributed by atoms with Gasteiger partial charge in [0.15, 0.2) is 0 Å². The molecule has 0 saturated carbocycles. The van der Waals surface area contributed by atoms with Gasteiger partial charge in [-0.25, -0.2) is 0 Å². The van der Waals surface area contributed by atoms with E-state index in [1.807, 2.05) is 59.7 Å². The second kappa shape index (κ2) is 15.0. The largest absolute Gasteiger partial charge is 0.497 e. The lowest BCUT2D eigenvalue weighted by atomic mass is 10.1. The van der Waals surface area contributed by atoms with E-state index in [1.54, 1.807) is 14.0 Å². The molecular weight excluding hydrogens is 300 g/mol. The van der Waals surface area contributed by atoms with Crippen LogP contribution < -0.4 is 10.5 Å². The molecule has 1 aromatic carbocycles. The Bertz CT molecular complexity index is 447. The van der Waals surface area contributed by atoms with Crippen LogP contribution >= 0.6 is 0 Å². The number of benzene rings is 1. The van der Waals surface area contributed by atoms with Gasteiger partial charge in [-0.2, -0.15) is 0 Å². The number of likely N-dealkylation sites (tertiary alicyclic amines) is 1. The topological polar surface area (TPSA) is 55.6 Å². The van der Waals surface area contributed by atoms with E-state index >= 15 is 0 Å². The Labute approximate surface area is 149 Å². The zero-order valence-corrected chi connectivity index (χ0v) is 17.0. The van der Waals surface area contributed by atoms with Crippen molar-refractivity contribution in [3.63, 3.8) is 0 Å². The first kappa shape index (κ1) is 24.7. The summed E-state index contributed by atoms with van der Waals surface area (Å²) in [5, 5.41) is 0. The van der Waals surface area contributed by atoms with Gasteiger partial charge in [-0.1, -0.05) is 47.6 Å². The lowest BCUT2D eigenvalue weighted by Crippen LogP contribution is -2.34. The van der Waals surface area contributed by atoms with E-state index in [0.717, 1.165) is 42.9 Å². The Hall–Kier alpha value is -1.55. The van der Waals surface area contributed by atoms with Gasteiger partial charge in [0.1, 0.15) is 11.5 Å². The molecule has 1 atom stereocenters. The first-order chi connectivity index (χ1) is 11.6. The number of nitrogens with zero attached hydrogens (tertiary/aromatic N) is 1. The number of rotatable bonds is 4. The molecule has 0 aromatic heterocycles. The first-order valence-corrected chi connectivity index (χ1v) is 9.28. The Morgan fingerprint density at radius 3 is 2.25 bits per heavy atom. The van der Waals surface area contributed by atoms with Crippen molar-refractivity contribution in [2.45, 2.75) is 73.9 Å². The van der Waals surface area contributed by atoms with Gasteiger partial charge in [0.2, 0.25) is 0 Å². The predicted octanol–water partition coefficient (Wildman–Crippen LogP) is 4.91. The third-order valence-corrected chi connectivity index (χ3v) is 3.56. The molecule has 1 aromatic rings. The lowest BCUT2D eigenvalue weighted by Gasteiger charge is -2.23. The number of carbonyl (C=O) groups excluding carboxylic acids is 1. The maximum atomic E-state index is 11.5. The van der Waals surface area contributed by atoms with Crippen molar-refractivity contribution in [1.82, 2.24) is 4.90 Å². The van der Waals surface area contributed by atoms with Crippen LogP contribution in [-0.4, -0.2) is 30.4 Å². The molecule has 1 unspecified atom stereocenters. The van der Waals surface area contributed by atoms with Gasteiger partial charge < -0.3 is 10.5 Å². The first-order valence-electron chi connectivity index (χ1n) is 9.28. The van der Waals surface area contributed by atoms with Crippen molar-refractivity contribution < 1.29 is 9.53 Å². The van der Waals surface area contributed by atoms with Crippen LogP contribution in [0.4, 0.5) is 5.69 Å². The van der Waals surface area contributed by atoms with Gasteiger partial charge in [0.25, 0.3) is 0 Å². The summed E-state index contributed by atoms with van der Waals surface area (Å²) in [6.45, 7) is 15.4. The molecule has 1 aliphatic heterocycles. The van der Waals surface area contributed by atoms with E-state index in [0.29, 0.717) is 0 Å². The molecular formula is C20H38N2O2.